The summed E-state index contributed by atoms with van der Waals surface area (Å²) in [4.78, 5) is 23.4. The van der Waals surface area contributed by atoms with Gasteiger partial charge in [0.05, 0.1) is 11.8 Å². The molecule has 20 heavy (non-hydrogen) atoms. The van der Waals surface area contributed by atoms with E-state index in [9.17, 15) is 9.59 Å². The number of hydrogen-bond acceptors (Lipinski definition) is 2. The fourth-order valence-corrected chi connectivity index (χ4v) is 1.64. The van der Waals surface area contributed by atoms with Crippen LogP contribution in [-0.4, -0.2) is 30.8 Å². The molecule has 0 aromatic heterocycles. The molecule has 0 aliphatic heterocycles. The average Bonchev–Trinajstić information content (AvgIpc) is 2.44. The second kappa shape index (κ2) is 7.90. The summed E-state index contributed by atoms with van der Waals surface area (Å²) in [5, 5.41) is 5.52. The van der Waals surface area contributed by atoms with E-state index in [-0.39, 0.29) is 17.7 Å². The van der Waals surface area contributed by atoms with Crippen molar-refractivity contribution in [1.82, 2.24) is 10.6 Å². The summed E-state index contributed by atoms with van der Waals surface area (Å²) in [6, 6.07) is 9.53. The second-order valence-electron chi connectivity index (χ2n) is 5.29. The molecule has 1 aromatic carbocycles. The Kier molecular flexibility index (Phi) is 6.52. The van der Waals surface area contributed by atoms with Crippen LogP contribution in [0.1, 0.15) is 19.4 Å². The zero-order chi connectivity index (χ0) is 15.0. The Balaban J connectivity index is 2.21. The molecule has 0 saturated heterocycles. The minimum Gasteiger partial charge on any atom is -0.354 e. The van der Waals surface area contributed by atoms with E-state index in [0.717, 1.165) is 5.56 Å². The molecule has 2 amide bonds. The molecule has 0 radical (unpaired) electrons. The third-order valence-electron chi connectivity index (χ3n) is 2.89. The maximum absolute atomic E-state index is 11.7. The summed E-state index contributed by atoms with van der Waals surface area (Å²) >= 11 is 5.71. The molecular formula is C15H21ClN2O2. The highest BCUT2D eigenvalue weighted by Gasteiger charge is 2.25. The lowest BCUT2D eigenvalue weighted by atomic mass is 9.95. The van der Waals surface area contributed by atoms with Gasteiger partial charge in [-0.3, -0.25) is 9.59 Å². The van der Waals surface area contributed by atoms with Crippen molar-refractivity contribution < 1.29 is 9.59 Å². The zero-order valence-corrected chi connectivity index (χ0v) is 12.7. The van der Waals surface area contributed by atoms with Gasteiger partial charge in [-0.05, 0) is 19.4 Å². The zero-order valence-electron chi connectivity index (χ0n) is 11.9. The largest absolute Gasteiger partial charge is 0.354 e. The smallest absolute Gasteiger partial charge is 0.226 e. The fraction of sp³-hybridized carbons (Fsp3) is 0.467. The number of nitrogens with one attached hydrogen (secondary N) is 2. The number of rotatable bonds is 7. The third-order valence-corrected chi connectivity index (χ3v) is 3.56. The lowest BCUT2D eigenvalue weighted by Crippen LogP contribution is -2.42. The Morgan fingerprint density at radius 3 is 2.30 bits per heavy atom. The van der Waals surface area contributed by atoms with E-state index in [1.165, 1.54) is 0 Å². The predicted octanol–water partition coefficient (Wildman–Crippen LogP) is 1.73. The average molecular weight is 297 g/mol. The van der Waals surface area contributed by atoms with Crippen molar-refractivity contribution in [1.29, 1.82) is 0 Å². The van der Waals surface area contributed by atoms with Crippen LogP contribution in [0.15, 0.2) is 30.3 Å². The molecule has 0 unspecified atom stereocenters. The molecule has 0 saturated carbocycles. The van der Waals surface area contributed by atoms with Crippen molar-refractivity contribution in [2.24, 2.45) is 5.41 Å². The van der Waals surface area contributed by atoms with Gasteiger partial charge in [-0.2, -0.15) is 0 Å². The summed E-state index contributed by atoms with van der Waals surface area (Å²) in [5.74, 6) is 0.103. The summed E-state index contributed by atoms with van der Waals surface area (Å²) in [7, 11) is 0. The first-order valence-corrected chi connectivity index (χ1v) is 7.14. The molecule has 0 heterocycles. The minimum atomic E-state index is -0.588. The number of carbonyl (C=O) groups is 2. The van der Waals surface area contributed by atoms with Gasteiger partial charge in [-0.1, -0.05) is 30.3 Å². The van der Waals surface area contributed by atoms with Crippen LogP contribution in [0.2, 0.25) is 0 Å². The monoisotopic (exact) mass is 296 g/mol. The number of benzene rings is 1. The van der Waals surface area contributed by atoms with Gasteiger partial charge in [0.2, 0.25) is 11.8 Å². The molecule has 0 fully saturated rings. The predicted molar refractivity (Wildman–Crippen MR) is 80.7 cm³/mol. The van der Waals surface area contributed by atoms with Crippen LogP contribution >= 0.6 is 11.6 Å². The van der Waals surface area contributed by atoms with E-state index in [1.54, 1.807) is 13.8 Å². The number of alkyl halides is 1. The summed E-state index contributed by atoms with van der Waals surface area (Å²) in [5.41, 5.74) is 0.382. The van der Waals surface area contributed by atoms with E-state index < -0.39 is 5.41 Å². The lowest BCUT2D eigenvalue weighted by molar-refractivity contribution is -0.128. The van der Waals surface area contributed by atoms with Crippen LogP contribution in [0.25, 0.3) is 0 Å². The highest BCUT2D eigenvalue weighted by atomic mass is 35.5. The van der Waals surface area contributed by atoms with Crippen molar-refractivity contribution in [2.75, 3.05) is 19.0 Å². The first-order chi connectivity index (χ1) is 9.45. The topological polar surface area (TPSA) is 58.2 Å². The van der Waals surface area contributed by atoms with Crippen molar-refractivity contribution in [3.8, 4) is 0 Å². The number of carbonyl (C=O) groups excluding carboxylic acids is 2. The summed E-state index contributed by atoms with van der Waals surface area (Å²) in [6.07, 6.45) is 0.349. The molecule has 0 bridgehead atoms. The lowest BCUT2D eigenvalue weighted by Gasteiger charge is -2.20. The highest BCUT2D eigenvalue weighted by Crippen LogP contribution is 2.16. The molecule has 2 N–H and O–H groups in total. The van der Waals surface area contributed by atoms with E-state index in [0.29, 0.717) is 19.5 Å². The molecule has 110 valence electrons. The number of halogens is 1. The molecular weight excluding hydrogens is 276 g/mol. The van der Waals surface area contributed by atoms with Crippen LogP contribution in [0.5, 0.6) is 0 Å². The Hall–Kier alpha value is -1.55. The van der Waals surface area contributed by atoms with Crippen LogP contribution in [0, 0.1) is 5.41 Å². The van der Waals surface area contributed by atoms with Gasteiger partial charge < -0.3 is 10.6 Å². The molecule has 0 spiro atoms. The van der Waals surface area contributed by atoms with Gasteiger partial charge in [0, 0.05) is 19.0 Å². The van der Waals surface area contributed by atoms with E-state index >= 15 is 0 Å². The van der Waals surface area contributed by atoms with Crippen molar-refractivity contribution in [3.05, 3.63) is 35.9 Å². The molecule has 0 aliphatic carbocycles. The SMILES string of the molecule is CC(C)(CCl)C(=O)NCCNC(=O)Cc1ccccc1. The van der Waals surface area contributed by atoms with Gasteiger partial charge in [-0.15, -0.1) is 11.6 Å². The normalized spacial score (nSPS) is 10.9. The summed E-state index contributed by atoms with van der Waals surface area (Å²) in [6.45, 7) is 4.38. The molecule has 4 nitrogen and oxygen atoms in total. The second-order valence-corrected chi connectivity index (χ2v) is 5.55. The van der Waals surface area contributed by atoms with Crippen LogP contribution in [0.3, 0.4) is 0 Å². The number of amides is 2. The van der Waals surface area contributed by atoms with Gasteiger partial charge >= 0.3 is 0 Å². The third kappa shape index (κ3) is 5.61. The molecule has 1 rings (SSSR count). The van der Waals surface area contributed by atoms with Gasteiger partial charge in [-0.25, -0.2) is 0 Å². The van der Waals surface area contributed by atoms with Gasteiger partial charge in [0.1, 0.15) is 0 Å². The Morgan fingerprint density at radius 1 is 1.10 bits per heavy atom. The maximum atomic E-state index is 11.7. The van der Waals surface area contributed by atoms with E-state index in [2.05, 4.69) is 10.6 Å². The first-order valence-electron chi connectivity index (χ1n) is 6.60. The van der Waals surface area contributed by atoms with Gasteiger partial charge in [0.15, 0.2) is 0 Å². The molecule has 1 aromatic rings. The highest BCUT2D eigenvalue weighted by molar-refractivity contribution is 6.19. The maximum Gasteiger partial charge on any atom is 0.226 e. The van der Waals surface area contributed by atoms with E-state index in [4.69, 9.17) is 11.6 Å². The van der Waals surface area contributed by atoms with Crippen molar-refractivity contribution >= 4 is 23.4 Å². The Bertz CT molecular complexity index is 446. The Labute approximate surface area is 124 Å². The summed E-state index contributed by atoms with van der Waals surface area (Å²) < 4.78 is 0. The van der Waals surface area contributed by atoms with Crippen molar-refractivity contribution in [3.63, 3.8) is 0 Å². The Morgan fingerprint density at radius 2 is 1.70 bits per heavy atom. The molecule has 0 atom stereocenters. The van der Waals surface area contributed by atoms with Crippen molar-refractivity contribution in [2.45, 2.75) is 20.3 Å². The fourth-order valence-electron chi connectivity index (χ4n) is 1.52. The van der Waals surface area contributed by atoms with Crippen LogP contribution in [-0.2, 0) is 16.0 Å². The molecule has 0 aliphatic rings. The number of hydrogen-bond donors (Lipinski definition) is 2. The van der Waals surface area contributed by atoms with E-state index in [1.807, 2.05) is 30.3 Å². The standard InChI is InChI=1S/C15H21ClN2O2/c1-15(2,11-16)14(20)18-9-8-17-13(19)10-12-6-4-3-5-7-12/h3-7H,8-11H2,1-2H3,(H,17,19)(H,18,20). The minimum absolute atomic E-state index is 0.0537. The molecule has 5 heteroatoms. The first kappa shape index (κ1) is 16.5. The quantitative estimate of drug-likeness (QED) is 0.595. The van der Waals surface area contributed by atoms with Crippen LogP contribution in [0.4, 0.5) is 0 Å². The van der Waals surface area contributed by atoms with Gasteiger partial charge in [0.25, 0.3) is 0 Å². The van der Waals surface area contributed by atoms with Crippen LogP contribution < -0.4 is 10.6 Å².